The van der Waals surface area contributed by atoms with E-state index in [1.807, 2.05) is 0 Å². The first-order valence-corrected chi connectivity index (χ1v) is 6.22. The molecule has 0 aliphatic carbocycles. The molecule has 0 radical (unpaired) electrons. The summed E-state index contributed by atoms with van der Waals surface area (Å²) in [5, 5.41) is 15.0. The number of rotatable bonds is 6. The van der Waals surface area contributed by atoms with Crippen molar-refractivity contribution < 1.29 is 14.6 Å². The summed E-state index contributed by atoms with van der Waals surface area (Å²) in [6.45, 7) is 4.14. The molecule has 0 bridgehead atoms. The fraction of sp³-hybridized carbons (Fsp3) is 0.143. The number of aliphatic carboxylic acids is 1. The summed E-state index contributed by atoms with van der Waals surface area (Å²) in [7, 11) is 1.55. The van der Waals surface area contributed by atoms with Crippen molar-refractivity contribution in [2.75, 3.05) is 19.0 Å². The molecule has 0 heterocycles. The maximum absolute atomic E-state index is 10.5. The first-order chi connectivity index (χ1) is 9.56. The van der Waals surface area contributed by atoms with E-state index in [4.69, 9.17) is 22.1 Å². The minimum Gasteiger partial charge on any atom is -0.495 e. The van der Waals surface area contributed by atoms with Gasteiger partial charge >= 0.3 is 5.97 Å². The number of carbonyl (C=O) groups is 1. The smallest absolute Gasteiger partial charge is 0.328 e. The van der Waals surface area contributed by atoms with Gasteiger partial charge in [0.1, 0.15) is 5.75 Å². The van der Waals surface area contributed by atoms with E-state index in [0.717, 1.165) is 11.6 Å². The molecule has 0 atom stereocenters. The fourth-order valence-corrected chi connectivity index (χ4v) is 1.62. The molecule has 1 rings (SSSR count). The molecule has 6 heteroatoms. The zero-order chi connectivity index (χ0) is 15.0. The van der Waals surface area contributed by atoms with Gasteiger partial charge in [0.15, 0.2) is 5.11 Å². The van der Waals surface area contributed by atoms with Gasteiger partial charge in [-0.05, 0) is 36.0 Å². The zero-order valence-electron chi connectivity index (χ0n) is 11.1. The van der Waals surface area contributed by atoms with Crippen molar-refractivity contribution in [1.82, 2.24) is 5.32 Å². The van der Waals surface area contributed by atoms with Gasteiger partial charge in [-0.2, -0.15) is 0 Å². The van der Waals surface area contributed by atoms with Crippen LogP contribution < -0.4 is 15.4 Å². The maximum Gasteiger partial charge on any atom is 0.328 e. The summed E-state index contributed by atoms with van der Waals surface area (Å²) < 4.78 is 5.22. The van der Waals surface area contributed by atoms with Crippen molar-refractivity contribution in [3.8, 4) is 5.75 Å². The summed E-state index contributed by atoms with van der Waals surface area (Å²) >= 11 is 5.12. The van der Waals surface area contributed by atoms with E-state index in [1.165, 1.54) is 6.08 Å². The van der Waals surface area contributed by atoms with Crippen LogP contribution >= 0.6 is 12.2 Å². The quantitative estimate of drug-likeness (QED) is 0.424. The van der Waals surface area contributed by atoms with Crippen molar-refractivity contribution in [2.45, 2.75) is 0 Å². The monoisotopic (exact) mass is 292 g/mol. The molecule has 0 fully saturated rings. The van der Waals surface area contributed by atoms with Gasteiger partial charge in [0, 0.05) is 12.6 Å². The summed E-state index contributed by atoms with van der Waals surface area (Å²) in [4.78, 5) is 10.5. The normalized spacial score (nSPS) is 10.1. The molecule has 0 aliphatic heterocycles. The average Bonchev–Trinajstić information content (AvgIpc) is 2.43. The topological polar surface area (TPSA) is 70.6 Å². The van der Waals surface area contributed by atoms with Crippen LogP contribution in [0.2, 0.25) is 0 Å². The van der Waals surface area contributed by atoms with E-state index in [2.05, 4.69) is 17.2 Å². The Hall–Kier alpha value is -2.34. The second kappa shape index (κ2) is 7.96. The first kappa shape index (κ1) is 15.7. The zero-order valence-corrected chi connectivity index (χ0v) is 11.9. The minimum atomic E-state index is -1.00. The molecule has 3 N–H and O–H groups in total. The number of methoxy groups -OCH3 is 1. The number of carboxylic acids is 1. The van der Waals surface area contributed by atoms with Crippen molar-refractivity contribution >= 4 is 35.1 Å². The van der Waals surface area contributed by atoms with Crippen molar-refractivity contribution in [2.24, 2.45) is 0 Å². The molecule has 106 valence electrons. The summed E-state index contributed by atoms with van der Waals surface area (Å²) in [6, 6.07) is 5.24. The molecule has 0 aliphatic rings. The minimum absolute atomic E-state index is 0.433. The lowest BCUT2D eigenvalue weighted by Gasteiger charge is -2.13. The first-order valence-electron chi connectivity index (χ1n) is 5.81. The van der Waals surface area contributed by atoms with Crippen LogP contribution in [0.15, 0.2) is 36.9 Å². The maximum atomic E-state index is 10.5. The van der Waals surface area contributed by atoms with E-state index in [0.29, 0.717) is 23.1 Å². The lowest BCUT2D eigenvalue weighted by atomic mass is 10.1. The molecule has 0 amide bonds. The molecule has 20 heavy (non-hydrogen) atoms. The standard InChI is InChI=1S/C14H16N2O3S/c1-3-8-15-14(20)16-11-9-10(5-7-13(17)18)4-6-12(11)19-2/h3-7,9H,1,8H2,2H3,(H,17,18)(H2,15,16,20)/b7-5+. The second-order valence-electron chi connectivity index (χ2n) is 3.75. The number of carboxylic acid groups (broad SMARTS) is 1. The van der Waals surface area contributed by atoms with E-state index in [-0.39, 0.29) is 0 Å². The van der Waals surface area contributed by atoms with Crippen molar-refractivity contribution in [1.29, 1.82) is 0 Å². The van der Waals surface area contributed by atoms with Crippen LogP contribution in [-0.4, -0.2) is 29.8 Å². The highest BCUT2D eigenvalue weighted by molar-refractivity contribution is 7.80. The summed E-state index contributed by atoms with van der Waals surface area (Å²) in [5.74, 6) is -0.390. The van der Waals surface area contributed by atoms with Gasteiger partial charge in [-0.15, -0.1) is 6.58 Å². The average molecular weight is 292 g/mol. The van der Waals surface area contributed by atoms with Crippen molar-refractivity contribution in [3.05, 3.63) is 42.5 Å². The molecule has 1 aromatic rings. The van der Waals surface area contributed by atoms with Gasteiger partial charge in [-0.3, -0.25) is 0 Å². The molecule has 0 aromatic heterocycles. The molecule has 0 saturated heterocycles. The lowest BCUT2D eigenvalue weighted by Crippen LogP contribution is -2.28. The second-order valence-corrected chi connectivity index (χ2v) is 4.16. The molecule has 0 spiro atoms. The number of nitrogens with one attached hydrogen (secondary N) is 2. The predicted molar refractivity (Wildman–Crippen MR) is 84.1 cm³/mol. The Balaban J connectivity index is 2.91. The van der Waals surface area contributed by atoms with Gasteiger partial charge in [0.05, 0.1) is 12.8 Å². The fourth-order valence-electron chi connectivity index (χ4n) is 1.43. The van der Waals surface area contributed by atoms with Crippen LogP contribution in [0.3, 0.4) is 0 Å². The van der Waals surface area contributed by atoms with Crippen LogP contribution in [0, 0.1) is 0 Å². The van der Waals surface area contributed by atoms with Crippen LogP contribution in [-0.2, 0) is 4.79 Å². The number of hydrogen-bond acceptors (Lipinski definition) is 3. The number of thiocarbonyl (C=S) groups is 1. The number of ether oxygens (including phenoxy) is 1. The Morgan fingerprint density at radius 2 is 2.30 bits per heavy atom. The van der Waals surface area contributed by atoms with E-state index in [9.17, 15) is 4.79 Å². The molecule has 0 unspecified atom stereocenters. The third-order valence-electron chi connectivity index (χ3n) is 2.30. The Morgan fingerprint density at radius 1 is 1.55 bits per heavy atom. The Morgan fingerprint density at radius 3 is 2.90 bits per heavy atom. The number of anilines is 1. The molecule has 5 nitrogen and oxygen atoms in total. The third-order valence-corrected chi connectivity index (χ3v) is 2.54. The van der Waals surface area contributed by atoms with Gasteiger partial charge in [-0.25, -0.2) is 4.79 Å². The highest BCUT2D eigenvalue weighted by Crippen LogP contribution is 2.26. The van der Waals surface area contributed by atoms with E-state index >= 15 is 0 Å². The largest absolute Gasteiger partial charge is 0.495 e. The predicted octanol–water partition coefficient (Wildman–Crippen LogP) is 2.27. The summed E-state index contributed by atoms with van der Waals surface area (Å²) in [5.41, 5.74) is 1.38. The number of benzene rings is 1. The van der Waals surface area contributed by atoms with Crippen LogP contribution in [0.1, 0.15) is 5.56 Å². The van der Waals surface area contributed by atoms with E-state index < -0.39 is 5.97 Å². The van der Waals surface area contributed by atoms with Crippen molar-refractivity contribution in [3.63, 3.8) is 0 Å². The van der Waals surface area contributed by atoms with E-state index in [1.54, 1.807) is 31.4 Å². The van der Waals surface area contributed by atoms with Gasteiger partial charge < -0.3 is 20.5 Å². The van der Waals surface area contributed by atoms with Gasteiger partial charge in [0.25, 0.3) is 0 Å². The highest BCUT2D eigenvalue weighted by Gasteiger charge is 2.05. The van der Waals surface area contributed by atoms with Gasteiger partial charge in [-0.1, -0.05) is 12.1 Å². The molecular weight excluding hydrogens is 276 g/mol. The van der Waals surface area contributed by atoms with Gasteiger partial charge in [0.2, 0.25) is 0 Å². The molecular formula is C14H16N2O3S. The SMILES string of the molecule is C=CCNC(=S)Nc1cc(/C=C/C(=O)O)ccc1OC. The Bertz CT molecular complexity index is 541. The third kappa shape index (κ3) is 5.11. The molecule has 1 aromatic carbocycles. The number of hydrogen-bond donors (Lipinski definition) is 3. The van der Waals surface area contributed by atoms with Crippen LogP contribution in [0.4, 0.5) is 5.69 Å². The highest BCUT2D eigenvalue weighted by atomic mass is 32.1. The Labute approximate surface area is 122 Å². The molecule has 0 saturated carbocycles. The van der Waals surface area contributed by atoms with Crippen LogP contribution in [0.25, 0.3) is 6.08 Å². The lowest BCUT2D eigenvalue weighted by molar-refractivity contribution is -0.131. The Kier molecular flexibility index (Phi) is 6.25. The van der Waals surface area contributed by atoms with Crippen LogP contribution in [0.5, 0.6) is 5.75 Å². The summed E-state index contributed by atoms with van der Waals surface area (Å²) in [6.07, 6.45) is 4.25.